The Hall–Kier alpha value is -4.28. The van der Waals surface area contributed by atoms with Crippen LogP contribution >= 0.6 is 11.3 Å². The highest BCUT2D eigenvalue weighted by Crippen LogP contribution is 2.38. The second kappa shape index (κ2) is 9.30. The molecule has 0 saturated heterocycles. The predicted molar refractivity (Wildman–Crippen MR) is 149 cm³/mol. The number of fused-ring (bicyclic) bond motifs is 2. The molecular weight excluding hydrogens is 478 g/mol. The van der Waals surface area contributed by atoms with E-state index in [1.165, 1.54) is 21.5 Å². The quantitative estimate of drug-likeness (QED) is 0.275. The Morgan fingerprint density at radius 3 is 2.62 bits per heavy atom. The molecule has 0 aliphatic heterocycles. The first-order chi connectivity index (χ1) is 18.1. The smallest absolute Gasteiger partial charge is 0.282 e. The van der Waals surface area contributed by atoms with E-state index in [1.54, 1.807) is 23.6 Å². The highest BCUT2D eigenvalue weighted by Gasteiger charge is 2.24. The van der Waals surface area contributed by atoms with Gasteiger partial charge in [0, 0.05) is 27.4 Å². The fourth-order valence-corrected chi connectivity index (χ4v) is 6.63. The van der Waals surface area contributed by atoms with Crippen LogP contribution in [0.4, 0.5) is 0 Å². The van der Waals surface area contributed by atoms with Gasteiger partial charge in [-0.25, -0.2) is 4.98 Å². The lowest BCUT2D eigenvalue weighted by Gasteiger charge is -2.10. The molecule has 182 valence electrons. The molecule has 0 fully saturated rings. The Kier molecular flexibility index (Phi) is 5.82. The van der Waals surface area contributed by atoms with Gasteiger partial charge in [-0.1, -0.05) is 42.5 Å². The fourth-order valence-electron chi connectivity index (χ4n) is 5.18. The number of para-hydroxylation sites is 1. The number of aryl methyl sites for hydroxylation is 2. The molecule has 0 saturated carbocycles. The van der Waals surface area contributed by atoms with Gasteiger partial charge in [-0.15, -0.1) is 11.3 Å². The summed E-state index contributed by atoms with van der Waals surface area (Å²) in [6, 6.07) is 21.5. The van der Waals surface area contributed by atoms with Crippen LogP contribution in [0.1, 0.15) is 45.8 Å². The Labute approximate surface area is 218 Å². The van der Waals surface area contributed by atoms with E-state index in [4.69, 9.17) is 4.98 Å². The number of hydrogen-bond donors (Lipinski definition) is 0. The third-order valence-electron chi connectivity index (χ3n) is 7.04. The van der Waals surface area contributed by atoms with Gasteiger partial charge in [0.25, 0.3) is 5.56 Å². The van der Waals surface area contributed by atoms with Crippen LogP contribution in [0.25, 0.3) is 27.3 Å². The minimum Gasteiger partial charge on any atom is -0.308 e. The molecule has 0 spiro atoms. The van der Waals surface area contributed by atoms with Crippen molar-refractivity contribution in [3.63, 3.8) is 0 Å². The molecule has 6 nitrogen and oxygen atoms in total. The van der Waals surface area contributed by atoms with E-state index in [0.717, 1.165) is 52.3 Å². The molecule has 3 heterocycles. The number of nitriles is 1. The monoisotopic (exact) mass is 503 g/mol. The van der Waals surface area contributed by atoms with E-state index in [-0.39, 0.29) is 5.56 Å². The number of nitrogens with zero attached hydrogens (tertiary/aromatic N) is 5. The summed E-state index contributed by atoms with van der Waals surface area (Å²) >= 11 is 1.73. The van der Waals surface area contributed by atoms with Crippen molar-refractivity contribution in [3.05, 3.63) is 104 Å². The molecule has 5 aromatic rings. The fraction of sp³-hybridized carbons (Fsp3) is 0.200. The first-order valence-electron chi connectivity index (χ1n) is 12.4. The van der Waals surface area contributed by atoms with Crippen molar-refractivity contribution in [3.8, 4) is 22.5 Å². The second-order valence-corrected chi connectivity index (χ2v) is 10.4. The molecule has 1 aliphatic carbocycles. The summed E-state index contributed by atoms with van der Waals surface area (Å²) in [7, 11) is 0. The second-order valence-electron chi connectivity index (χ2n) is 9.34. The largest absolute Gasteiger partial charge is 0.308 e. The van der Waals surface area contributed by atoms with E-state index < -0.39 is 0 Å². The molecule has 0 bridgehead atoms. The average molecular weight is 504 g/mol. The van der Waals surface area contributed by atoms with Crippen LogP contribution in [-0.4, -0.2) is 20.4 Å². The lowest BCUT2D eigenvalue weighted by molar-refractivity contribution is 0.695. The molecule has 1 aliphatic rings. The Morgan fingerprint density at radius 2 is 1.81 bits per heavy atom. The van der Waals surface area contributed by atoms with Gasteiger partial charge >= 0.3 is 0 Å². The van der Waals surface area contributed by atoms with E-state index in [0.29, 0.717) is 16.7 Å². The summed E-state index contributed by atoms with van der Waals surface area (Å²) in [6.45, 7) is 4.08. The van der Waals surface area contributed by atoms with Crippen LogP contribution in [0, 0.1) is 25.2 Å². The molecule has 2 aromatic carbocycles. The van der Waals surface area contributed by atoms with Crippen molar-refractivity contribution in [2.45, 2.75) is 39.5 Å². The highest BCUT2D eigenvalue weighted by atomic mass is 32.1. The molecule has 3 aromatic heterocycles. The van der Waals surface area contributed by atoms with Crippen LogP contribution in [0.5, 0.6) is 0 Å². The van der Waals surface area contributed by atoms with Crippen molar-refractivity contribution < 1.29 is 0 Å². The van der Waals surface area contributed by atoms with Crippen LogP contribution in [-0.2, 0) is 12.8 Å². The van der Waals surface area contributed by atoms with Crippen molar-refractivity contribution in [2.24, 2.45) is 5.10 Å². The number of benzene rings is 2. The van der Waals surface area contributed by atoms with Crippen LogP contribution in [0.15, 0.2) is 70.6 Å². The number of aromatic nitrogens is 3. The highest BCUT2D eigenvalue weighted by molar-refractivity contribution is 7.15. The van der Waals surface area contributed by atoms with Gasteiger partial charge in [-0.3, -0.25) is 4.79 Å². The first-order valence-corrected chi connectivity index (χ1v) is 13.2. The molecule has 0 N–H and O–H groups in total. The van der Waals surface area contributed by atoms with Crippen molar-refractivity contribution >= 4 is 28.5 Å². The van der Waals surface area contributed by atoms with Crippen molar-refractivity contribution in [1.29, 1.82) is 5.26 Å². The zero-order valence-electron chi connectivity index (χ0n) is 20.7. The maximum absolute atomic E-state index is 13.5. The van der Waals surface area contributed by atoms with Gasteiger partial charge < -0.3 is 4.57 Å². The minimum absolute atomic E-state index is 0.216. The molecule has 0 radical (unpaired) electrons. The molecule has 0 unspecified atom stereocenters. The van der Waals surface area contributed by atoms with Crippen molar-refractivity contribution in [2.75, 3.05) is 0 Å². The predicted octanol–water partition coefficient (Wildman–Crippen LogP) is 6.17. The third-order valence-corrected chi connectivity index (χ3v) is 8.31. The van der Waals surface area contributed by atoms with E-state index in [9.17, 15) is 10.1 Å². The van der Waals surface area contributed by atoms with Crippen LogP contribution in [0.3, 0.4) is 0 Å². The Bertz CT molecular complexity index is 1780. The maximum Gasteiger partial charge on any atom is 0.282 e. The van der Waals surface area contributed by atoms with Gasteiger partial charge in [0.2, 0.25) is 0 Å². The van der Waals surface area contributed by atoms with Gasteiger partial charge in [0.1, 0.15) is 11.1 Å². The van der Waals surface area contributed by atoms with E-state index in [1.807, 2.05) is 62.4 Å². The number of hydrogen-bond acceptors (Lipinski definition) is 5. The standard InChI is InChI=1S/C30H25N5OS/c1-19-16-22(20(2)34(19)30-25(17-31)23-12-7-9-15-27(23)37-30)18-32-35-28(21-10-4-3-5-11-21)33-26-14-8-6-13-24(26)29(35)36/h3-6,8,10-11,13-14,16,18H,7,9,12,15H2,1-2H3. The molecule has 37 heavy (non-hydrogen) atoms. The molecule has 6 rings (SSSR count). The molecule has 0 amide bonds. The lowest BCUT2D eigenvalue weighted by Crippen LogP contribution is -2.20. The summed E-state index contributed by atoms with van der Waals surface area (Å²) in [5, 5.41) is 16.2. The molecule has 0 atom stereocenters. The molecule has 7 heteroatoms. The summed E-state index contributed by atoms with van der Waals surface area (Å²) in [4.78, 5) is 19.6. The lowest BCUT2D eigenvalue weighted by atomic mass is 9.96. The Balaban J connectivity index is 1.48. The SMILES string of the molecule is Cc1cc(C=Nn2c(-c3ccccc3)nc3ccccc3c2=O)c(C)n1-c1sc2c(c1C#N)CCCC2. The average Bonchev–Trinajstić information content (AvgIpc) is 3.43. The first kappa shape index (κ1) is 23.1. The summed E-state index contributed by atoms with van der Waals surface area (Å²) in [6.07, 6.45) is 6.06. The van der Waals surface area contributed by atoms with Gasteiger partial charge in [-0.05, 0) is 63.3 Å². The van der Waals surface area contributed by atoms with Gasteiger partial charge in [0.05, 0.1) is 22.7 Å². The van der Waals surface area contributed by atoms with Crippen molar-refractivity contribution in [1.82, 2.24) is 14.2 Å². The summed E-state index contributed by atoms with van der Waals surface area (Å²) in [5.74, 6) is 0.493. The van der Waals surface area contributed by atoms with E-state index >= 15 is 0 Å². The van der Waals surface area contributed by atoms with Crippen LogP contribution < -0.4 is 5.56 Å². The number of thiophene rings is 1. The molecular formula is C30H25N5OS. The van der Waals surface area contributed by atoms with Gasteiger partial charge in [0.15, 0.2) is 5.82 Å². The summed E-state index contributed by atoms with van der Waals surface area (Å²) < 4.78 is 3.54. The topological polar surface area (TPSA) is 76.0 Å². The number of rotatable bonds is 4. The zero-order chi connectivity index (χ0) is 25.5. The minimum atomic E-state index is -0.216. The third kappa shape index (κ3) is 3.90. The maximum atomic E-state index is 13.5. The normalized spacial score (nSPS) is 13.2. The van der Waals surface area contributed by atoms with Gasteiger partial charge in [-0.2, -0.15) is 15.0 Å². The van der Waals surface area contributed by atoms with E-state index in [2.05, 4.69) is 21.8 Å². The van der Waals surface area contributed by atoms with Crippen LogP contribution in [0.2, 0.25) is 0 Å². The zero-order valence-corrected chi connectivity index (χ0v) is 21.5. The Morgan fingerprint density at radius 1 is 1.05 bits per heavy atom. The summed E-state index contributed by atoms with van der Waals surface area (Å²) in [5.41, 5.74) is 6.17.